The van der Waals surface area contributed by atoms with Crippen LogP contribution in [0.2, 0.25) is 0 Å². The van der Waals surface area contributed by atoms with Crippen LogP contribution in [0.4, 0.5) is 11.6 Å². The van der Waals surface area contributed by atoms with Crippen molar-refractivity contribution < 1.29 is 0 Å². The molecule has 3 nitrogen and oxygen atoms in total. The normalized spacial score (nSPS) is 24.0. The Hall–Kier alpha value is -1.25. The molecule has 3 heteroatoms. The Morgan fingerprint density at radius 1 is 1.50 bits per heavy atom. The van der Waals surface area contributed by atoms with E-state index in [-0.39, 0.29) is 0 Å². The smallest absolute Gasteiger partial charge is 0.128 e. The highest BCUT2D eigenvalue weighted by Gasteiger charge is 2.38. The SMILES string of the molecule is CC1(C)CCC1Nc1cccc(N)n1. The second-order valence-corrected chi connectivity index (χ2v) is 4.67. The second-order valence-electron chi connectivity index (χ2n) is 4.67. The van der Waals surface area contributed by atoms with Gasteiger partial charge in [-0.25, -0.2) is 4.98 Å². The van der Waals surface area contributed by atoms with E-state index in [1.807, 2.05) is 12.1 Å². The largest absolute Gasteiger partial charge is 0.384 e. The molecule has 1 heterocycles. The van der Waals surface area contributed by atoms with Crippen LogP contribution in [-0.2, 0) is 0 Å². The van der Waals surface area contributed by atoms with Gasteiger partial charge in [-0.3, -0.25) is 0 Å². The minimum atomic E-state index is 0.395. The van der Waals surface area contributed by atoms with E-state index in [0.29, 0.717) is 17.3 Å². The fourth-order valence-corrected chi connectivity index (χ4v) is 1.84. The summed E-state index contributed by atoms with van der Waals surface area (Å²) in [6, 6.07) is 6.23. The van der Waals surface area contributed by atoms with E-state index in [4.69, 9.17) is 5.73 Å². The molecule has 0 spiro atoms. The first-order valence-electron chi connectivity index (χ1n) is 5.07. The van der Waals surface area contributed by atoms with E-state index in [1.54, 1.807) is 6.07 Å². The molecule has 0 saturated heterocycles. The van der Waals surface area contributed by atoms with Gasteiger partial charge in [-0.15, -0.1) is 0 Å². The van der Waals surface area contributed by atoms with Crippen LogP contribution in [-0.4, -0.2) is 11.0 Å². The Labute approximate surface area is 84.7 Å². The van der Waals surface area contributed by atoms with Crippen LogP contribution in [0, 0.1) is 5.41 Å². The first-order chi connectivity index (χ1) is 6.58. The summed E-state index contributed by atoms with van der Waals surface area (Å²) in [5, 5.41) is 3.42. The van der Waals surface area contributed by atoms with E-state index >= 15 is 0 Å². The lowest BCUT2D eigenvalue weighted by atomic mass is 9.67. The molecule has 76 valence electrons. The van der Waals surface area contributed by atoms with Gasteiger partial charge in [-0.05, 0) is 30.4 Å². The van der Waals surface area contributed by atoms with Gasteiger partial charge in [-0.1, -0.05) is 19.9 Å². The number of nitrogens with two attached hydrogens (primary N) is 1. The van der Waals surface area contributed by atoms with E-state index < -0.39 is 0 Å². The summed E-state index contributed by atoms with van der Waals surface area (Å²) in [7, 11) is 0. The predicted molar refractivity (Wildman–Crippen MR) is 59.1 cm³/mol. The van der Waals surface area contributed by atoms with Crippen molar-refractivity contribution in [3.63, 3.8) is 0 Å². The van der Waals surface area contributed by atoms with Crippen LogP contribution < -0.4 is 11.1 Å². The summed E-state index contributed by atoms with van der Waals surface area (Å²) >= 11 is 0. The average molecular weight is 191 g/mol. The van der Waals surface area contributed by atoms with Crippen molar-refractivity contribution in [2.75, 3.05) is 11.1 Å². The van der Waals surface area contributed by atoms with Crippen molar-refractivity contribution in [1.82, 2.24) is 4.98 Å². The molecular formula is C11H17N3. The molecule has 2 rings (SSSR count). The van der Waals surface area contributed by atoms with Gasteiger partial charge in [0.15, 0.2) is 0 Å². The molecule has 1 atom stereocenters. The Morgan fingerprint density at radius 3 is 2.79 bits per heavy atom. The maximum Gasteiger partial charge on any atom is 0.128 e. The highest BCUT2D eigenvalue weighted by atomic mass is 15.1. The summed E-state index contributed by atoms with van der Waals surface area (Å²) in [4.78, 5) is 4.23. The quantitative estimate of drug-likeness (QED) is 0.754. The van der Waals surface area contributed by atoms with Crippen molar-refractivity contribution in [1.29, 1.82) is 0 Å². The molecule has 1 aromatic heterocycles. The molecule has 0 amide bonds. The lowest BCUT2D eigenvalue weighted by Gasteiger charge is -2.45. The molecular weight excluding hydrogens is 174 g/mol. The Bertz CT molecular complexity index is 333. The van der Waals surface area contributed by atoms with Gasteiger partial charge < -0.3 is 11.1 Å². The summed E-state index contributed by atoms with van der Waals surface area (Å²) in [6.45, 7) is 4.56. The lowest BCUT2D eigenvalue weighted by molar-refractivity contribution is 0.159. The van der Waals surface area contributed by atoms with E-state index in [9.17, 15) is 0 Å². The zero-order valence-corrected chi connectivity index (χ0v) is 8.75. The predicted octanol–water partition coefficient (Wildman–Crippen LogP) is 2.26. The number of hydrogen-bond acceptors (Lipinski definition) is 3. The molecule has 3 N–H and O–H groups in total. The number of aromatic nitrogens is 1. The molecule has 0 bridgehead atoms. The monoisotopic (exact) mass is 191 g/mol. The summed E-state index contributed by atoms with van der Waals surface area (Å²) in [5.74, 6) is 1.47. The Balaban J connectivity index is 2.05. The van der Waals surface area contributed by atoms with Crippen molar-refractivity contribution in [2.45, 2.75) is 32.7 Å². The molecule has 0 aliphatic heterocycles. The van der Waals surface area contributed by atoms with Crippen molar-refractivity contribution in [3.05, 3.63) is 18.2 Å². The third-order valence-corrected chi connectivity index (χ3v) is 3.11. The van der Waals surface area contributed by atoms with Crippen LogP contribution in [0.5, 0.6) is 0 Å². The first-order valence-corrected chi connectivity index (χ1v) is 5.07. The fraction of sp³-hybridized carbons (Fsp3) is 0.545. The van der Waals surface area contributed by atoms with Crippen molar-refractivity contribution in [3.8, 4) is 0 Å². The molecule has 1 aliphatic carbocycles. The minimum absolute atomic E-state index is 0.395. The Morgan fingerprint density at radius 2 is 2.29 bits per heavy atom. The molecule has 14 heavy (non-hydrogen) atoms. The fourth-order valence-electron chi connectivity index (χ4n) is 1.84. The van der Waals surface area contributed by atoms with E-state index in [0.717, 1.165) is 5.82 Å². The van der Waals surface area contributed by atoms with E-state index in [2.05, 4.69) is 24.1 Å². The number of nitrogens with zero attached hydrogens (tertiary/aromatic N) is 1. The van der Waals surface area contributed by atoms with Crippen LogP contribution >= 0.6 is 0 Å². The number of pyridine rings is 1. The van der Waals surface area contributed by atoms with Gasteiger partial charge in [0.1, 0.15) is 11.6 Å². The minimum Gasteiger partial charge on any atom is -0.384 e. The first kappa shape index (κ1) is 9.31. The summed E-state index contributed by atoms with van der Waals surface area (Å²) < 4.78 is 0. The van der Waals surface area contributed by atoms with Gasteiger partial charge in [0.05, 0.1) is 0 Å². The van der Waals surface area contributed by atoms with Gasteiger partial charge in [0.2, 0.25) is 0 Å². The third kappa shape index (κ3) is 1.67. The van der Waals surface area contributed by atoms with Crippen LogP contribution in [0.3, 0.4) is 0 Å². The maximum absolute atomic E-state index is 5.61. The van der Waals surface area contributed by atoms with E-state index in [1.165, 1.54) is 12.8 Å². The van der Waals surface area contributed by atoms with Gasteiger partial charge in [0.25, 0.3) is 0 Å². The molecule has 0 aromatic carbocycles. The highest BCUT2D eigenvalue weighted by Crippen LogP contribution is 2.41. The standard InChI is InChI=1S/C11H17N3/c1-11(2)7-6-8(11)13-10-5-3-4-9(12)14-10/h3-5,8H,6-7H2,1-2H3,(H3,12,13,14). The number of anilines is 2. The average Bonchev–Trinajstić information content (AvgIpc) is 2.13. The number of nitrogens with one attached hydrogen (secondary N) is 1. The van der Waals surface area contributed by atoms with Crippen LogP contribution in [0.15, 0.2) is 18.2 Å². The van der Waals surface area contributed by atoms with Gasteiger partial charge in [0, 0.05) is 6.04 Å². The molecule has 1 aliphatic rings. The van der Waals surface area contributed by atoms with Crippen molar-refractivity contribution >= 4 is 11.6 Å². The molecule has 1 fully saturated rings. The van der Waals surface area contributed by atoms with Gasteiger partial charge in [-0.2, -0.15) is 0 Å². The zero-order chi connectivity index (χ0) is 10.2. The number of nitrogen functional groups attached to an aromatic ring is 1. The molecule has 1 unspecified atom stereocenters. The molecule has 1 saturated carbocycles. The second kappa shape index (κ2) is 3.15. The summed E-state index contributed by atoms with van der Waals surface area (Å²) in [5.41, 5.74) is 6.01. The third-order valence-electron chi connectivity index (χ3n) is 3.11. The Kier molecular flexibility index (Phi) is 2.10. The molecule has 1 aromatic rings. The lowest BCUT2D eigenvalue weighted by Crippen LogP contribution is -2.45. The number of hydrogen-bond donors (Lipinski definition) is 2. The zero-order valence-electron chi connectivity index (χ0n) is 8.75. The highest BCUT2D eigenvalue weighted by molar-refractivity contribution is 5.43. The van der Waals surface area contributed by atoms with Crippen molar-refractivity contribution in [2.24, 2.45) is 5.41 Å². The maximum atomic E-state index is 5.61. The topological polar surface area (TPSA) is 50.9 Å². The summed E-state index contributed by atoms with van der Waals surface area (Å²) in [6.07, 6.45) is 2.51. The number of rotatable bonds is 2. The van der Waals surface area contributed by atoms with Crippen LogP contribution in [0.25, 0.3) is 0 Å². The molecule has 0 radical (unpaired) electrons. The van der Waals surface area contributed by atoms with Gasteiger partial charge >= 0.3 is 0 Å². The van der Waals surface area contributed by atoms with Crippen LogP contribution in [0.1, 0.15) is 26.7 Å².